The van der Waals surface area contributed by atoms with E-state index in [1.165, 1.54) is 0 Å². The molecule has 2 aromatic carbocycles. The normalized spacial score (nSPS) is 11.0. The number of anilines is 1. The Balaban J connectivity index is 1.71. The van der Waals surface area contributed by atoms with Gasteiger partial charge in [0.05, 0.1) is 22.3 Å². The molecule has 5 nitrogen and oxygen atoms in total. The number of fused-ring (bicyclic) bond motifs is 1. The van der Waals surface area contributed by atoms with E-state index in [0.717, 1.165) is 22.4 Å². The highest BCUT2D eigenvalue weighted by Gasteiger charge is 2.16. The molecule has 0 saturated heterocycles. The standard InChI is InChI=1S/C20H17N3O2/c1-12-11-15(13(2)25-12)20(24)23-16-8-4-3-7-14(16)19-21-17-9-5-6-10-18(17)22-19/h3-11H,1-2H3,(H,21,22)(H,23,24). The second-order valence-electron chi connectivity index (χ2n) is 5.93. The predicted molar refractivity (Wildman–Crippen MR) is 97.7 cm³/mol. The number of aromatic nitrogens is 2. The highest BCUT2D eigenvalue weighted by atomic mass is 16.3. The highest BCUT2D eigenvalue weighted by molar-refractivity contribution is 6.06. The van der Waals surface area contributed by atoms with Crippen molar-refractivity contribution in [3.8, 4) is 11.4 Å². The van der Waals surface area contributed by atoms with Crippen LogP contribution in [0.3, 0.4) is 0 Å². The lowest BCUT2D eigenvalue weighted by Gasteiger charge is -2.09. The minimum Gasteiger partial charge on any atom is -0.466 e. The summed E-state index contributed by atoms with van der Waals surface area (Å²) in [5.41, 5.74) is 3.92. The number of aryl methyl sites for hydroxylation is 2. The summed E-state index contributed by atoms with van der Waals surface area (Å²) in [5.74, 6) is 1.85. The van der Waals surface area contributed by atoms with Crippen LogP contribution in [0.1, 0.15) is 21.9 Å². The van der Waals surface area contributed by atoms with Gasteiger partial charge in [0.25, 0.3) is 5.91 Å². The van der Waals surface area contributed by atoms with Gasteiger partial charge in [-0.3, -0.25) is 4.79 Å². The topological polar surface area (TPSA) is 70.9 Å². The molecule has 4 aromatic rings. The maximum atomic E-state index is 12.6. The maximum Gasteiger partial charge on any atom is 0.259 e. The average Bonchev–Trinajstić information content (AvgIpc) is 3.18. The first kappa shape index (κ1) is 15.2. The zero-order valence-corrected chi connectivity index (χ0v) is 14.0. The molecule has 1 amide bonds. The van der Waals surface area contributed by atoms with E-state index in [4.69, 9.17) is 4.42 Å². The summed E-state index contributed by atoms with van der Waals surface area (Å²) in [7, 11) is 0. The molecule has 2 heterocycles. The van der Waals surface area contributed by atoms with E-state index >= 15 is 0 Å². The second kappa shape index (κ2) is 5.94. The zero-order chi connectivity index (χ0) is 17.4. The van der Waals surface area contributed by atoms with E-state index in [0.29, 0.717) is 22.8 Å². The van der Waals surface area contributed by atoms with Gasteiger partial charge in [0.2, 0.25) is 0 Å². The highest BCUT2D eigenvalue weighted by Crippen LogP contribution is 2.28. The van der Waals surface area contributed by atoms with Crippen molar-refractivity contribution in [3.63, 3.8) is 0 Å². The van der Waals surface area contributed by atoms with E-state index in [1.54, 1.807) is 13.0 Å². The molecule has 2 N–H and O–H groups in total. The first-order valence-corrected chi connectivity index (χ1v) is 8.04. The number of aromatic amines is 1. The molecule has 0 aliphatic carbocycles. The number of imidazole rings is 1. The molecule has 0 fully saturated rings. The Kier molecular flexibility index (Phi) is 3.61. The van der Waals surface area contributed by atoms with E-state index in [2.05, 4.69) is 15.3 Å². The number of hydrogen-bond acceptors (Lipinski definition) is 3. The minimum absolute atomic E-state index is 0.196. The van der Waals surface area contributed by atoms with Gasteiger partial charge in [-0.25, -0.2) is 4.98 Å². The molecule has 4 rings (SSSR count). The number of H-pyrrole nitrogens is 1. The third-order valence-corrected chi connectivity index (χ3v) is 4.11. The second-order valence-corrected chi connectivity index (χ2v) is 5.93. The van der Waals surface area contributed by atoms with Gasteiger partial charge in [0.15, 0.2) is 0 Å². The van der Waals surface area contributed by atoms with E-state index in [9.17, 15) is 4.79 Å². The molecular formula is C20H17N3O2. The van der Waals surface area contributed by atoms with Crippen LogP contribution in [-0.4, -0.2) is 15.9 Å². The van der Waals surface area contributed by atoms with Gasteiger partial charge in [-0.15, -0.1) is 0 Å². The number of nitrogens with one attached hydrogen (secondary N) is 2. The molecule has 0 saturated carbocycles. The fraction of sp³-hybridized carbons (Fsp3) is 0.100. The Labute approximate surface area is 144 Å². The largest absolute Gasteiger partial charge is 0.466 e. The number of furan rings is 1. The molecule has 0 atom stereocenters. The molecule has 0 aliphatic heterocycles. The number of benzene rings is 2. The number of para-hydroxylation sites is 3. The summed E-state index contributed by atoms with van der Waals surface area (Å²) >= 11 is 0. The lowest BCUT2D eigenvalue weighted by Crippen LogP contribution is -2.13. The van der Waals surface area contributed by atoms with Gasteiger partial charge in [0, 0.05) is 5.56 Å². The van der Waals surface area contributed by atoms with Crippen molar-refractivity contribution in [2.24, 2.45) is 0 Å². The smallest absolute Gasteiger partial charge is 0.259 e. The molecule has 124 valence electrons. The molecule has 0 radical (unpaired) electrons. The third-order valence-electron chi connectivity index (χ3n) is 4.11. The van der Waals surface area contributed by atoms with Crippen LogP contribution < -0.4 is 5.32 Å². The third kappa shape index (κ3) is 2.80. The Morgan fingerprint density at radius 2 is 1.84 bits per heavy atom. The molecule has 2 aromatic heterocycles. The Morgan fingerprint density at radius 3 is 2.60 bits per heavy atom. The number of rotatable bonds is 3. The number of carbonyl (C=O) groups is 1. The summed E-state index contributed by atoms with van der Waals surface area (Å²) in [5, 5.41) is 2.96. The summed E-state index contributed by atoms with van der Waals surface area (Å²) < 4.78 is 5.45. The van der Waals surface area contributed by atoms with Crippen molar-refractivity contribution in [2.75, 3.05) is 5.32 Å². The number of amides is 1. The summed E-state index contributed by atoms with van der Waals surface area (Å²) in [6, 6.07) is 17.2. The van der Waals surface area contributed by atoms with Gasteiger partial charge in [-0.2, -0.15) is 0 Å². The lowest BCUT2D eigenvalue weighted by molar-refractivity contribution is 0.102. The van der Waals surface area contributed by atoms with Crippen molar-refractivity contribution < 1.29 is 9.21 Å². The van der Waals surface area contributed by atoms with Crippen LogP contribution in [0.5, 0.6) is 0 Å². The van der Waals surface area contributed by atoms with Crippen molar-refractivity contribution in [1.29, 1.82) is 0 Å². The fourth-order valence-electron chi connectivity index (χ4n) is 2.92. The van der Waals surface area contributed by atoms with Gasteiger partial charge >= 0.3 is 0 Å². The maximum absolute atomic E-state index is 12.6. The summed E-state index contributed by atoms with van der Waals surface area (Å²) in [6.45, 7) is 3.61. The van der Waals surface area contributed by atoms with E-state index in [-0.39, 0.29) is 5.91 Å². The van der Waals surface area contributed by atoms with E-state index in [1.807, 2.05) is 55.5 Å². The van der Waals surface area contributed by atoms with Crippen LogP contribution in [0.25, 0.3) is 22.4 Å². The summed E-state index contributed by atoms with van der Waals surface area (Å²) in [4.78, 5) is 20.5. The van der Waals surface area contributed by atoms with Gasteiger partial charge in [0.1, 0.15) is 17.3 Å². The Bertz CT molecular complexity index is 1040. The van der Waals surface area contributed by atoms with Gasteiger partial charge in [-0.05, 0) is 44.2 Å². The quantitative estimate of drug-likeness (QED) is 0.572. The van der Waals surface area contributed by atoms with Crippen LogP contribution in [0.2, 0.25) is 0 Å². The number of hydrogen-bond donors (Lipinski definition) is 2. The predicted octanol–water partition coefficient (Wildman–Crippen LogP) is 4.69. The van der Waals surface area contributed by atoms with Crippen LogP contribution in [0, 0.1) is 13.8 Å². The average molecular weight is 331 g/mol. The first-order valence-electron chi connectivity index (χ1n) is 8.04. The monoisotopic (exact) mass is 331 g/mol. The first-order chi connectivity index (χ1) is 12.1. The molecule has 0 bridgehead atoms. The Hall–Kier alpha value is -3.34. The zero-order valence-electron chi connectivity index (χ0n) is 14.0. The number of carbonyl (C=O) groups excluding carboxylic acids is 1. The van der Waals surface area contributed by atoms with Crippen LogP contribution in [0.4, 0.5) is 5.69 Å². The SMILES string of the molecule is Cc1cc(C(=O)Nc2ccccc2-c2nc3ccccc3[nH]2)c(C)o1. The van der Waals surface area contributed by atoms with Crippen LogP contribution in [0.15, 0.2) is 59.0 Å². The van der Waals surface area contributed by atoms with Crippen molar-refractivity contribution in [3.05, 3.63) is 71.7 Å². The summed E-state index contributed by atoms with van der Waals surface area (Å²) in [6.07, 6.45) is 0. The molecule has 0 spiro atoms. The fourth-order valence-corrected chi connectivity index (χ4v) is 2.92. The van der Waals surface area contributed by atoms with E-state index < -0.39 is 0 Å². The van der Waals surface area contributed by atoms with Crippen molar-refractivity contribution in [2.45, 2.75) is 13.8 Å². The lowest BCUT2D eigenvalue weighted by atomic mass is 10.1. The minimum atomic E-state index is -0.196. The van der Waals surface area contributed by atoms with Crippen LogP contribution >= 0.6 is 0 Å². The molecule has 5 heteroatoms. The molecule has 0 aliphatic rings. The van der Waals surface area contributed by atoms with Crippen molar-refractivity contribution >= 4 is 22.6 Å². The molecule has 25 heavy (non-hydrogen) atoms. The van der Waals surface area contributed by atoms with Gasteiger partial charge < -0.3 is 14.7 Å². The molecular weight excluding hydrogens is 314 g/mol. The van der Waals surface area contributed by atoms with Gasteiger partial charge in [-0.1, -0.05) is 24.3 Å². The Morgan fingerprint density at radius 1 is 1.08 bits per heavy atom. The number of nitrogens with zero attached hydrogens (tertiary/aromatic N) is 1. The van der Waals surface area contributed by atoms with Crippen molar-refractivity contribution in [1.82, 2.24) is 9.97 Å². The molecule has 0 unspecified atom stereocenters. The van der Waals surface area contributed by atoms with Crippen LogP contribution in [-0.2, 0) is 0 Å².